The summed E-state index contributed by atoms with van der Waals surface area (Å²) < 4.78 is 1.72. The lowest BCUT2D eigenvalue weighted by Gasteiger charge is -2.13. The Balaban J connectivity index is 2.05. The van der Waals surface area contributed by atoms with Crippen LogP contribution < -0.4 is 10.6 Å². The monoisotopic (exact) mass is 274 g/mol. The van der Waals surface area contributed by atoms with E-state index in [0.29, 0.717) is 12.4 Å². The molecular formula is C13H18N6O. The maximum Gasteiger partial charge on any atom is 0.242 e. The minimum Gasteiger partial charge on any atom is -0.358 e. The van der Waals surface area contributed by atoms with Crippen LogP contribution in [0.5, 0.6) is 0 Å². The molecular weight excluding hydrogens is 256 g/mol. The van der Waals surface area contributed by atoms with Gasteiger partial charge in [0.1, 0.15) is 17.7 Å². The van der Waals surface area contributed by atoms with E-state index in [4.69, 9.17) is 0 Å². The first kappa shape index (κ1) is 12.8. The molecule has 1 atom stereocenters. The topological polar surface area (TPSA) is 84.7 Å². The van der Waals surface area contributed by atoms with Crippen LogP contribution in [0.15, 0.2) is 6.20 Å². The van der Waals surface area contributed by atoms with Crippen LogP contribution in [0.4, 0.5) is 5.82 Å². The van der Waals surface area contributed by atoms with Gasteiger partial charge in [0.05, 0.1) is 11.6 Å². The molecule has 3 rings (SSSR count). The van der Waals surface area contributed by atoms with Gasteiger partial charge in [-0.25, -0.2) is 9.97 Å². The number of amides is 1. The number of nitrogens with zero attached hydrogens (tertiary/aromatic N) is 4. The zero-order valence-electron chi connectivity index (χ0n) is 11.8. The van der Waals surface area contributed by atoms with Crippen molar-refractivity contribution in [1.82, 2.24) is 25.1 Å². The third kappa shape index (κ3) is 2.09. The molecule has 1 aliphatic rings. The molecule has 0 aliphatic carbocycles. The summed E-state index contributed by atoms with van der Waals surface area (Å²) in [6.45, 7) is 4.79. The average molecular weight is 274 g/mol. The van der Waals surface area contributed by atoms with Gasteiger partial charge in [0.15, 0.2) is 5.65 Å². The van der Waals surface area contributed by atoms with E-state index in [1.807, 2.05) is 20.9 Å². The average Bonchev–Trinajstić information content (AvgIpc) is 2.97. The number of aryl methyl sites for hydroxylation is 1. The highest BCUT2D eigenvalue weighted by atomic mass is 16.2. The smallest absolute Gasteiger partial charge is 0.242 e. The number of carbonyl (C=O) groups excluding carboxylic acids is 1. The van der Waals surface area contributed by atoms with E-state index < -0.39 is 0 Å². The predicted octanol–water partition coefficient (Wildman–Crippen LogP) is 0.787. The summed E-state index contributed by atoms with van der Waals surface area (Å²) in [5, 5.41) is 11.1. The highest BCUT2D eigenvalue weighted by Crippen LogP contribution is 2.23. The standard InChI is InChI=1S/C13H18N6O/c1-7(2)10-17-11(16-9-4-5-14-13(9)20)8-6-15-19(3)12(8)18-10/h6-7,9H,4-5H2,1-3H3,(H,14,20)(H,16,17,18)/t9-/m0/s1. The van der Waals surface area contributed by atoms with Crippen molar-refractivity contribution in [3.63, 3.8) is 0 Å². The van der Waals surface area contributed by atoms with Crippen LogP contribution in [0.2, 0.25) is 0 Å². The van der Waals surface area contributed by atoms with Gasteiger partial charge < -0.3 is 10.6 Å². The molecule has 7 heteroatoms. The predicted molar refractivity (Wildman–Crippen MR) is 75.4 cm³/mol. The van der Waals surface area contributed by atoms with E-state index in [9.17, 15) is 4.79 Å². The summed E-state index contributed by atoms with van der Waals surface area (Å²) in [4.78, 5) is 20.8. The van der Waals surface area contributed by atoms with Crippen LogP contribution in [0.3, 0.4) is 0 Å². The van der Waals surface area contributed by atoms with Crippen molar-refractivity contribution < 1.29 is 4.79 Å². The molecule has 106 valence electrons. The molecule has 1 saturated heterocycles. The third-order valence-corrected chi connectivity index (χ3v) is 3.49. The second-order valence-corrected chi connectivity index (χ2v) is 5.37. The number of aromatic nitrogens is 4. The molecule has 20 heavy (non-hydrogen) atoms. The van der Waals surface area contributed by atoms with Crippen molar-refractivity contribution in [2.75, 3.05) is 11.9 Å². The van der Waals surface area contributed by atoms with E-state index in [1.165, 1.54) is 0 Å². The zero-order valence-corrected chi connectivity index (χ0v) is 11.8. The maximum absolute atomic E-state index is 11.7. The number of anilines is 1. The first-order valence-corrected chi connectivity index (χ1v) is 6.80. The molecule has 0 radical (unpaired) electrons. The van der Waals surface area contributed by atoms with Crippen LogP contribution >= 0.6 is 0 Å². The Bertz CT molecular complexity index is 662. The van der Waals surface area contributed by atoms with Gasteiger partial charge in [-0.05, 0) is 6.42 Å². The number of hydrogen-bond donors (Lipinski definition) is 2. The molecule has 1 amide bonds. The molecule has 1 aliphatic heterocycles. The lowest BCUT2D eigenvalue weighted by atomic mass is 10.2. The fourth-order valence-corrected chi connectivity index (χ4v) is 2.30. The van der Waals surface area contributed by atoms with E-state index in [1.54, 1.807) is 10.9 Å². The maximum atomic E-state index is 11.7. The van der Waals surface area contributed by atoms with Crippen molar-refractivity contribution in [1.29, 1.82) is 0 Å². The minimum absolute atomic E-state index is 0.0201. The van der Waals surface area contributed by atoms with Crippen molar-refractivity contribution >= 4 is 22.8 Å². The van der Waals surface area contributed by atoms with Gasteiger partial charge in [-0.1, -0.05) is 13.8 Å². The van der Waals surface area contributed by atoms with Crippen LogP contribution in [-0.2, 0) is 11.8 Å². The van der Waals surface area contributed by atoms with E-state index in [-0.39, 0.29) is 17.9 Å². The minimum atomic E-state index is -0.228. The van der Waals surface area contributed by atoms with Crippen molar-refractivity contribution in [2.24, 2.45) is 7.05 Å². The summed E-state index contributed by atoms with van der Waals surface area (Å²) in [7, 11) is 1.85. The van der Waals surface area contributed by atoms with Gasteiger partial charge in [0.25, 0.3) is 0 Å². The first-order chi connectivity index (χ1) is 9.56. The molecule has 2 aromatic rings. The zero-order chi connectivity index (χ0) is 14.3. The Labute approximate surface area is 116 Å². The van der Waals surface area contributed by atoms with Gasteiger partial charge in [-0.2, -0.15) is 5.10 Å². The molecule has 2 aromatic heterocycles. The van der Waals surface area contributed by atoms with Crippen LogP contribution in [-0.4, -0.2) is 38.2 Å². The van der Waals surface area contributed by atoms with Crippen LogP contribution in [0.25, 0.3) is 11.0 Å². The summed E-state index contributed by atoms with van der Waals surface area (Å²) >= 11 is 0. The van der Waals surface area contributed by atoms with Gasteiger partial charge >= 0.3 is 0 Å². The molecule has 0 bridgehead atoms. The number of fused-ring (bicyclic) bond motifs is 1. The van der Waals surface area contributed by atoms with Gasteiger partial charge in [0, 0.05) is 19.5 Å². The summed E-state index contributed by atoms with van der Waals surface area (Å²) in [5.41, 5.74) is 0.782. The van der Waals surface area contributed by atoms with Crippen molar-refractivity contribution in [2.45, 2.75) is 32.2 Å². The van der Waals surface area contributed by atoms with Crippen LogP contribution in [0.1, 0.15) is 32.0 Å². The molecule has 1 fully saturated rings. The van der Waals surface area contributed by atoms with E-state index in [2.05, 4.69) is 25.7 Å². The van der Waals surface area contributed by atoms with Gasteiger partial charge in [0.2, 0.25) is 5.91 Å². The first-order valence-electron chi connectivity index (χ1n) is 6.80. The number of rotatable bonds is 3. The largest absolute Gasteiger partial charge is 0.358 e. The lowest BCUT2D eigenvalue weighted by Crippen LogP contribution is -2.30. The highest BCUT2D eigenvalue weighted by Gasteiger charge is 2.25. The fraction of sp³-hybridized carbons (Fsp3) is 0.538. The normalized spacial score (nSPS) is 18.8. The molecule has 2 N–H and O–H groups in total. The SMILES string of the molecule is CC(C)c1nc(N[C@H]2CCNC2=O)c2cnn(C)c2n1. The third-order valence-electron chi connectivity index (χ3n) is 3.49. The molecule has 0 saturated carbocycles. The van der Waals surface area contributed by atoms with Gasteiger partial charge in [-0.3, -0.25) is 9.48 Å². The Morgan fingerprint density at radius 3 is 2.90 bits per heavy atom. The molecule has 0 aromatic carbocycles. The van der Waals surface area contributed by atoms with Crippen LogP contribution in [0, 0.1) is 0 Å². The Morgan fingerprint density at radius 2 is 2.25 bits per heavy atom. The molecule has 3 heterocycles. The molecule has 0 spiro atoms. The Kier molecular flexibility index (Phi) is 3.04. The van der Waals surface area contributed by atoms with E-state index >= 15 is 0 Å². The Hall–Kier alpha value is -2.18. The van der Waals surface area contributed by atoms with Crippen molar-refractivity contribution in [3.05, 3.63) is 12.0 Å². The number of carbonyl (C=O) groups is 1. The highest BCUT2D eigenvalue weighted by molar-refractivity contribution is 5.91. The van der Waals surface area contributed by atoms with Gasteiger partial charge in [-0.15, -0.1) is 0 Å². The second-order valence-electron chi connectivity index (χ2n) is 5.37. The quantitative estimate of drug-likeness (QED) is 0.864. The Morgan fingerprint density at radius 1 is 1.45 bits per heavy atom. The van der Waals surface area contributed by atoms with E-state index in [0.717, 1.165) is 23.3 Å². The number of nitrogens with one attached hydrogen (secondary N) is 2. The molecule has 7 nitrogen and oxygen atoms in total. The second kappa shape index (κ2) is 4.73. The number of hydrogen-bond acceptors (Lipinski definition) is 5. The fourth-order valence-electron chi connectivity index (χ4n) is 2.30. The summed E-state index contributed by atoms with van der Waals surface area (Å²) in [6.07, 6.45) is 2.50. The van der Waals surface area contributed by atoms with Crippen molar-refractivity contribution in [3.8, 4) is 0 Å². The summed E-state index contributed by atoms with van der Waals surface area (Å²) in [6, 6.07) is -0.228. The lowest BCUT2D eigenvalue weighted by molar-refractivity contribution is -0.119. The molecule has 0 unspecified atom stereocenters. The summed E-state index contributed by atoms with van der Waals surface area (Å²) in [5.74, 6) is 1.68.